The third kappa shape index (κ3) is 5.30. The highest BCUT2D eigenvalue weighted by atomic mass is 19.1. The van der Waals surface area contributed by atoms with Crippen molar-refractivity contribution in [1.29, 1.82) is 0 Å². The third-order valence-corrected chi connectivity index (χ3v) is 6.44. The number of rotatable bonds is 4. The van der Waals surface area contributed by atoms with Crippen LogP contribution in [-0.2, 0) is 17.8 Å². The largest absolute Gasteiger partial charge is 0.469 e. The lowest BCUT2D eigenvalue weighted by Gasteiger charge is -2.30. The number of hydrogen-bond acceptors (Lipinski definition) is 6. The quantitative estimate of drug-likeness (QED) is 0.333. The first-order valence-corrected chi connectivity index (χ1v) is 12.8. The van der Waals surface area contributed by atoms with E-state index in [9.17, 15) is 9.18 Å². The van der Waals surface area contributed by atoms with Crippen LogP contribution >= 0.6 is 0 Å². The maximum atomic E-state index is 13.4. The molecule has 1 unspecified atom stereocenters. The summed E-state index contributed by atoms with van der Waals surface area (Å²) >= 11 is 0. The highest BCUT2D eigenvalue weighted by molar-refractivity contribution is 5.70. The summed E-state index contributed by atoms with van der Waals surface area (Å²) in [6.07, 6.45) is 2.06. The number of ether oxygens (including phenoxy) is 2. The second-order valence-electron chi connectivity index (χ2n) is 10.5. The molecule has 1 amide bonds. The summed E-state index contributed by atoms with van der Waals surface area (Å²) in [4.78, 5) is 28.0. The Hall–Kier alpha value is -4.39. The molecule has 1 atom stereocenters. The summed E-state index contributed by atoms with van der Waals surface area (Å²) in [5, 5.41) is 0. The van der Waals surface area contributed by atoms with Gasteiger partial charge in [-0.3, -0.25) is 14.3 Å². The fourth-order valence-corrected chi connectivity index (χ4v) is 4.62. The van der Waals surface area contributed by atoms with E-state index in [1.807, 2.05) is 51.2 Å². The van der Waals surface area contributed by atoms with Crippen LogP contribution in [0.15, 0.2) is 36.7 Å². The zero-order valence-corrected chi connectivity index (χ0v) is 22.9. The molecule has 0 spiro atoms. The summed E-state index contributed by atoms with van der Waals surface area (Å²) in [6, 6.07) is 6.81. The molecule has 202 valence electrons. The first-order chi connectivity index (χ1) is 18.5. The van der Waals surface area contributed by atoms with Crippen LogP contribution in [0.2, 0.25) is 0 Å². The SMILES string of the molecule is CC#Cc1cnc2cc(-c3nc4n(c3C)CCN(C(=O)OC(C)(C)C)C4)cc(OC(C)c3ccc(F)cn3)n12. The average Bonchev–Trinajstić information content (AvgIpc) is 3.44. The highest BCUT2D eigenvalue weighted by Crippen LogP contribution is 2.33. The van der Waals surface area contributed by atoms with Gasteiger partial charge < -0.3 is 14.0 Å². The lowest BCUT2D eigenvalue weighted by Crippen LogP contribution is -2.41. The first kappa shape index (κ1) is 26.2. The second kappa shape index (κ2) is 10.1. The van der Waals surface area contributed by atoms with Gasteiger partial charge in [-0.15, -0.1) is 0 Å². The maximum Gasteiger partial charge on any atom is 0.410 e. The molecule has 4 aromatic rings. The maximum absolute atomic E-state index is 13.4. The van der Waals surface area contributed by atoms with Crippen LogP contribution in [0, 0.1) is 24.6 Å². The van der Waals surface area contributed by atoms with Crippen molar-refractivity contribution < 1.29 is 18.7 Å². The lowest BCUT2D eigenvalue weighted by atomic mass is 10.1. The Balaban J connectivity index is 1.52. The molecule has 0 fully saturated rings. The average molecular weight is 531 g/mol. The van der Waals surface area contributed by atoms with Crippen molar-refractivity contribution in [2.45, 2.75) is 66.3 Å². The number of carbonyl (C=O) groups excluding carboxylic acids is 1. The molecule has 0 radical (unpaired) electrons. The van der Waals surface area contributed by atoms with Crippen molar-refractivity contribution >= 4 is 11.7 Å². The van der Waals surface area contributed by atoms with Gasteiger partial charge in [-0.1, -0.05) is 5.92 Å². The molecule has 0 aliphatic carbocycles. The highest BCUT2D eigenvalue weighted by Gasteiger charge is 2.29. The summed E-state index contributed by atoms with van der Waals surface area (Å²) in [5.41, 5.74) is 3.94. The second-order valence-corrected chi connectivity index (χ2v) is 10.5. The van der Waals surface area contributed by atoms with E-state index in [1.54, 1.807) is 24.1 Å². The van der Waals surface area contributed by atoms with Gasteiger partial charge in [0, 0.05) is 30.4 Å². The van der Waals surface area contributed by atoms with Gasteiger partial charge in [-0.2, -0.15) is 0 Å². The van der Waals surface area contributed by atoms with Gasteiger partial charge in [0.15, 0.2) is 0 Å². The summed E-state index contributed by atoms with van der Waals surface area (Å²) < 4.78 is 29.3. The minimum Gasteiger partial charge on any atom is -0.469 e. The normalized spacial score (nSPS) is 14.0. The van der Waals surface area contributed by atoms with Crippen molar-refractivity contribution in [2.24, 2.45) is 0 Å². The van der Waals surface area contributed by atoms with E-state index >= 15 is 0 Å². The number of carbonyl (C=O) groups is 1. The predicted molar refractivity (Wildman–Crippen MR) is 144 cm³/mol. The van der Waals surface area contributed by atoms with Crippen molar-refractivity contribution in [3.8, 4) is 29.0 Å². The molecular formula is C29H31FN6O3. The number of hydrogen-bond donors (Lipinski definition) is 0. The number of fused-ring (bicyclic) bond motifs is 2. The van der Waals surface area contributed by atoms with E-state index in [4.69, 9.17) is 14.5 Å². The van der Waals surface area contributed by atoms with Crippen molar-refractivity contribution in [3.63, 3.8) is 0 Å². The van der Waals surface area contributed by atoms with Crippen LogP contribution in [0.25, 0.3) is 16.9 Å². The Morgan fingerprint density at radius 2 is 1.95 bits per heavy atom. The zero-order valence-electron chi connectivity index (χ0n) is 22.9. The number of pyridine rings is 2. The van der Waals surface area contributed by atoms with Gasteiger partial charge in [0.25, 0.3) is 0 Å². The van der Waals surface area contributed by atoms with Crippen LogP contribution in [-0.4, -0.2) is 47.1 Å². The van der Waals surface area contributed by atoms with Crippen molar-refractivity contribution in [2.75, 3.05) is 6.54 Å². The number of nitrogens with zero attached hydrogens (tertiary/aromatic N) is 6. The van der Waals surface area contributed by atoms with Crippen LogP contribution in [0.4, 0.5) is 9.18 Å². The molecule has 9 nitrogen and oxygen atoms in total. The molecule has 0 bridgehead atoms. The molecule has 5 heterocycles. The summed E-state index contributed by atoms with van der Waals surface area (Å²) in [6.45, 7) is 12.7. The van der Waals surface area contributed by atoms with E-state index in [1.165, 1.54) is 12.3 Å². The number of halogens is 1. The number of amides is 1. The van der Waals surface area contributed by atoms with Gasteiger partial charge in [0.05, 0.1) is 30.3 Å². The lowest BCUT2D eigenvalue weighted by molar-refractivity contribution is 0.0194. The van der Waals surface area contributed by atoms with Crippen LogP contribution < -0.4 is 4.74 Å². The molecule has 4 aromatic heterocycles. The topological polar surface area (TPSA) is 86.8 Å². The molecule has 0 N–H and O–H groups in total. The third-order valence-electron chi connectivity index (χ3n) is 6.44. The monoisotopic (exact) mass is 530 g/mol. The minimum atomic E-state index is -0.567. The van der Waals surface area contributed by atoms with E-state index in [2.05, 4.69) is 26.4 Å². The fraction of sp³-hybridized carbons (Fsp3) is 0.379. The fourth-order valence-electron chi connectivity index (χ4n) is 4.62. The molecule has 0 saturated heterocycles. The van der Waals surface area contributed by atoms with E-state index in [0.717, 1.165) is 22.8 Å². The summed E-state index contributed by atoms with van der Waals surface area (Å²) in [5.74, 6) is 6.87. The summed E-state index contributed by atoms with van der Waals surface area (Å²) in [7, 11) is 0. The Morgan fingerprint density at radius 3 is 2.64 bits per heavy atom. The molecule has 39 heavy (non-hydrogen) atoms. The van der Waals surface area contributed by atoms with Crippen molar-refractivity contribution in [1.82, 2.24) is 28.8 Å². The minimum absolute atomic E-state index is 0.349. The molecule has 5 rings (SSSR count). The predicted octanol–water partition coefficient (Wildman–Crippen LogP) is 5.30. The molecular weight excluding hydrogens is 499 g/mol. The van der Waals surface area contributed by atoms with Crippen LogP contribution in [0.5, 0.6) is 5.88 Å². The first-order valence-electron chi connectivity index (χ1n) is 12.8. The van der Waals surface area contributed by atoms with Gasteiger partial charge in [0.1, 0.15) is 34.7 Å². The Kier molecular flexibility index (Phi) is 6.76. The molecule has 1 aliphatic rings. The molecule has 0 aromatic carbocycles. The zero-order chi connectivity index (χ0) is 27.9. The Bertz CT molecular complexity index is 1600. The van der Waals surface area contributed by atoms with Gasteiger partial charge in [-0.25, -0.2) is 19.2 Å². The standard InChI is InChI=1S/C29H31FN6O3/c1-7-8-22-16-32-24-13-20(14-26(36(22)24)38-19(3)23-10-9-21(30)15-31-23)27-18(2)35-12-11-34(17-25(35)33-27)28(37)39-29(4,5)6/h9-10,13-16,19H,11-12,17H2,1-6H3. The molecule has 1 aliphatic heterocycles. The van der Waals surface area contributed by atoms with Gasteiger partial charge >= 0.3 is 6.09 Å². The number of imidazole rings is 2. The van der Waals surface area contributed by atoms with Crippen LogP contribution in [0.1, 0.15) is 63.6 Å². The Labute approximate surface area is 226 Å². The molecule has 0 saturated carbocycles. The number of aromatic nitrogens is 5. The van der Waals surface area contributed by atoms with E-state index < -0.39 is 17.5 Å². The smallest absolute Gasteiger partial charge is 0.410 e. The molecule has 10 heteroatoms. The Morgan fingerprint density at radius 1 is 1.15 bits per heavy atom. The van der Waals surface area contributed by atoms with Gasteiger partial charge in [-0.05, 0) is 65.7 Å². The van der Waals surface area contributed by atoms with Crippen LogP contribution in [0.3, 0.4) is 0 Å². The van der Waals surface area contributed by atoms with Crippen molar-refractivity contribution in [3.05, 3.63) is 65.4 Å². The van der Waals surface area contributed by atoms with E-state index in [-0.39, 0.29) is 6.09 Å². The van der Waals surface area contributed by atoms with Gasteiger partial charge in [0.2, 0.25) is 5.88 Å². The van der Waals surface area contributed by atoms with E-state index in [0.29, 0.717) is 42.5 Å².